The molecule has 1 heterocycles. The lowest BCUT2D eigenvalue weighted by molar-refractivity contribution is -0.137. The van der Waals surface area contributed by atoms with Crippen molar-refractivity contribution in [3.05, 3.63) is 45.7 Å². The van der Waals surface area contributed by atoms with E-state index in [9.17, 15) is 18.0 Å². The molecule has 25 heavy (non-hydrogen) atoms. The van der Waals surface area contributed by atoms with Crippen LogP contribution in [-0.4, -0.2) is 22.4 Å². The number of nitrogens with zero attached hydrogens (tertiary/aromatic N) is 2. The number of halogens is 5. The van der Waals surface area contributed by atoms with E-state index < -0.39 is 17.8 Å². The molecule has 0 aliphatic rings. The fraction of sp³-hybridized carbons (Fsp3) is 0.333. The summed E-state index contributed by atoms with van der Waals surface area (Å²) >= 11 is 11.9. The third-order valence-corrected chi connectivity index (χ3v) is 4.21. The molecule has 1 aromatic carbocycles. The Bertz CT molecular complexity index is 762. The van der Waals surface area contributed by atoms with Crippen LogP contribution in [0.4, 0.5) is 23.7 Å². The van der Waals surface area contributed by atoms with E-state index in [2.05, 4.69) is 15.7 Å². The van der Waals surface area contributed by atoms with E-state index in [-0.39, 0.29) is 12.2 Å². The molecule has 10 heteroatoms. The molecule has 2 rings (SSSR count). The lowest BCUT2D eigenvalue weighted by Gasteiger charge is -2.11. The van der Waals surface area contributed by atoms with Crippen molar-refractivity contribution in [1.29, 1.82) is 0 Å². The second kappa shape index (κ2) is 7.97. The highest BCUT2D eigenvalue weighted by molar-refractivity contribution is 6.41. The second-order valence-corrected chi connectivity index (χ2v) is 5.96. The van der Waals surface area contributed by atoms with E-state index >= 15 is 0 Å². The zero-order valence-corrected chi connectivity index (χ0v) is 14.6. The van der Waals surface area contributed by atoms with Crippen LogP contribution in [0.5, 0.6) is 0 Å². The summed E-state index contributed by atoms with van der Waals surface area (Å²) in [5.74, 6) is 0. The first kappa shape index (κ1) is 19.4. The molecule has 0 aliphatic carbocycles. The van der Waals surface area contributed by atoms with Crippen LogP contribution in [0.3, 0.4) is 0 Å². The van der Waals surface area contributed by atoms with E-state index in [1.54, 1.807) is 6.92 Å². The van der Waals surface area contributed by atoms with Gasteiger partial charge < -0.3 is 10.6 Å². The standard InChI is InChI=1S/C15H15Cl2F3N4O/c1-9-12(16)13(17)24(23-9)7-3-6-21-14(25)22-11-5-2-4-10(8-11)15(18,19)20/h2,4-5,8H,3,6-7H2,1H3,(H2,21,22,25). The number of alkyl halides is 3. The van der Waals surface area contributed by atoms with E-state index in [1.165, 1.54) is 16.8 Å². The van der Waals surface area contributed by atoms with Gasteiger partial charge in [-0.25, -0.2) is 4.79 Å². The zero-order chi connectivity index (χ0) is 18.6. The normalized spacial score (nSPS) is 11.4. The Balaban J connectivity index is 1.80. The van der Waals surface area contributed by atoms with E-state index in [1.807, 2.05) is 0 Å². The van der Waals surface area contributed by atoms with Crippen molar-refractivity contribution < 1.29 is 18.0 Å². The molecule has 0 saturated heterocycles. The SMILES string of the molecule is Cc1nn(CCCNC(=O)Nc2cccc(C(F)(F)F)c2)c(Cl)c1Cl. The van der Waals surface area contributed by atoms with Gasteiger partial charge in [0.15, 0.2) is 0 Å². The van der Waals surface area contributed by atoms with Crippen molar-refractivity contribution in [1.82, 2.24) is 15.1 Å². The fourth-order valence-electron chi connectivity index (χ4n) is 2.06. The van der Waals surface area contributed by atoms with Crippen LogP contribution in [0.1, 0.15) is 17.7 Å². The molecule has 5 nitrogen and oxygen atoms in total. The molecule has 2 amide bonds. The minimum atomic E-state index is -4.46. The van der Waals surface area contributed by atoms with Crippen molar-refractivity contribution in [3.63, 3.8) is 0 Å². The Kier molecular flexibility index (Phi) is 6.18. The van der Waals surface area contributed by atoms with Crippen molar-refractivity contribution in [2.45, 2.75) is 26.1 Å². The van der Waals surface area contributed by atoms with Crippen molar-refractivity contribution >= 4 is 34.9 Å². The maximum Gasteiger partial charge on any atom is 0.416 e. The summed E-state index contributed by atoms with van der Waals surface area (Å²) in [6, 6.07) is 3.81. The molecule has 0 bridgehead atoms. The highest BCUT2D eigenvalue weighted by atomic mass is 35.5. The molecule has 1 aromatic heterocycles. The number of nitrogens with one attached hydrogen (secondary N) is 2. The third-order valence-electron chi connectivity index (χ3n) is 3.28. The molecule has 0 fully saturated rings. The molecule has 0 radical (unpaired) electrons. The number of hydrogen-bond acceptors (Lipinski definition) is 2. The van der Waals surface area contributed by atoms with E-state index in [4.69, 9.17) is 23.2 Å². The van der Waals surface area contributed by atoms with E-state index in [0.29, 0.717) is 28.8 Å². The summed E-state index contributed by atoms with van der Waals surface area (Å²) in [6.07, 6.45) is -3.94. The van der Waals surface area contributed by atoms with Gasteiger partial charge in [0.2, 0.25) is 0 Å². The van der Waals surface area contributed by atoms with Gasteiger partial charge >= 0.3 is 12.2 Å². The largest absolute Gasteiger partial charge is 0.416 e. The molecule has 2 aromatic rings. The predicted octanol–water partition coefficient (Wildman–Crippen LogP) is 4.73. The first-order valence-corrected chi connectivity index (χ1v) is 8.04. The van der Waals surface area contributed by atoms with Gasteiger partial charge in [-0.15, -0.1) is 0 Å². The number of carbonyl (C=O) groups excluding carboxylic acids is 1. The van der Waals surface area contributed by atoms with E-state index in [0.717, 1.165) is 12.1 Å². The molecule has 0 spiro atoms. The van der Waals surface area contributed by atoms with Gasteiger partial charge in [-0.3, -0.25) is 4.68 Å². The Morgan fingerprint density at radius 1 is 1.32 bits per heavy atom. The summed E-state index contributed by atoms with van der Waals surface area (Å²) in [7, 11) is 0. The van der Waals surface area contributed by atoms with Crippen LogP contribution in [0.25, 0.3) is 0 Å². The lowest BCUT2D eigenvalue weighted by Crippen LogP contribution is -2.30. The minimum Gasteiger partial charge on any atom is -0.338 e. The van der Waals surface area contributed by atoms with Crippen LogP contribution in [-0.2, 0) is 12.7 Å². The van der Waals surface area contributed by atoms with Crippen LogP contribution in [0.15, 0.2) is 24.3 Å². The molecule has 0 aliphatic heterocycles. The summed E-state index contributed by atoms with van der Waals surface area (Å²) in [4.78, 5) is 11.7. The number of urea groups is 1. The van der Waals surface area contributed by atoms with Crippen LogP contribution >= 0.6 is 23.2 Å². The molecular formula is C15H15Cl2F3N4O. The predicted molar refractivity (Wildman–Crippen MR) is 90.1 cm³/mol. The Labute approximate surface area is 152 Å². The smallest absolute Gasteiger partial charge is 0.338 e. The minimum absolute atomic E-state index is 0.0600. The quantitative estimate of drug-likeness (QED) is 0.720. The monoisotopic (exact) mass is 394 g/mol. The van der Waals surface area contributed by atoms with Crippen LogP contribution in [0, 0.1) is 6.92 Å². The molecule has 2 N–H and O–H groups in total. The summed E-state index contributed by atoms with van der Waals surface area (Å²) in [5.41, 5.74) is -0.155. The average molecular weight is 395 g/mol. The average Bonchev–Trinajstić information content (AvgIpc) is 2.78. The van der Waals surface area contributed by atoms with Gasteiger partial charge in [0.05, 0.1) is 11.3 Å². The van der Waals surface area contributed by atoms with Crippen molar-refractivity contribution in [2.24, 2.45) is 0 Å². The van der Waals surface area contributed by atoms with Gasteiger partial charge in [0, 0.05) is 18.8 Å². The molecule has 0 saturated carbocycles. The Morgan fingerprint density at radius 2 is 2.04 bits per heavy atom. The maximum absolute atomic E-state index is 12.6. The second-order valence-electron chi connectivity index (χ2n) is 5.23. The Morgan fingerprint density at radius 3 is 2.64 bits per heavy atom. The number of rotatable bonds is 5. The number of aryl methyl sites for hydroxylation is 2. The number of anilines is 1. The van der Waals surface area contributed by atoms with Gasteiger partial charge in [-0.2, -0.15) is 18.3 Å². The van der Waals surface area contributed by atoms with Gasteiger partial charge in [0.25, 0.3) is 0 Å². The van der Waals surface area contributed by atoms with Gasteiger partial charge in [-0.05, 0) is 31.5 Å². The van der Waals surface area contributed by atoms with Crippen molar-refractivity contribution in [3.8, 4) is 0 Å². The number of benzene rings is 1. The maximum atomic E-state index is 12.6. The highest BCUT2D eigenvalue weighted by Crippen LogP contribution is 2.30. The zero-order valence-electron chi connectivity index (χ0n) is 13.1. The summed E-state index contributed by atoms with van der Waals surface area (Å²) in [6.45, 7) is 2.46. The first-order chi connectivity index (χ1) is 11.7. The number of carbonyl (C=O) groups is 1. The van der Waals surface area contributed by atoms with Crippen molar-refractivity contribution in [2.75, 3.05) is 11.9 Å². The third kappa shape index (κ3) is 5.27. The molecule has 0 atom stereocenters. The number of aromatic nitrogens is 2. The first-order valence-electron chi connectivity index (χ1n) is 7.29. The fourth-order valence-corrected chi connectivity index (χ4v) is 2.45. The van der Waals surface area contributed by atoms with Gasteiger partial charge in [-0.1, -0.05) is 29.3 Å². The van der Waals surface area contributed by atoms with Gasteiger partial charge in [0.1, 0.15) is 10.2 Å². The highest BCUT2D eigenvalue weighted by Gasteiger charge is 2.30. The lowest BCUT2D eigenvalue weighted by atomic mass is 10.2. The molecule has 136 valence electrons. The molecule has 0 unspecified atom stereocenters. The summed E-state index contributed by atoms with van der Waals surface area (Å²) in [5, 5.41) is 9.77. The Hall–Kier alpha value is -1.93. The topological polar surface area (TPSA) is 59.0 Å². The number of amides is 2. The molecular weight excluding hydrogens is 380 g/mol. The van der Waals surface area contributed by atoms with Crippen LogP contribution < -0.4 is 10.6 Å². The van der Waals surface area contributed by atoms with Crippen LogP contribution in [0.2, 0.25) is 10.2 Å². The summed E-state index contributed by atoms with van der Waals surface area (Å²) < 4.78 is 39.4. The number of hydrogen-bond donors (Lipinski definition) is 2.